The number of rotatable bonds is 4. The van der Waals surface area contributed by atoms with Gasteiger partial charge in [0.1, 0.15) is 0 Å². The van der Waals surface area contributed by atoms with Crippen molar-refractivity contribution in [1.29, 1.82) is 0 Å². The standard InChI is InChI=1S/C14H16Cl2N2OS/c15-11-6-5-9(7-12(11)16)14(19)18(8-13(17)20)10-3-1-2-4-10/h5-7,10H,1-4,8H2,(H2,17,20). The number of thiocarbonyl (C=S) groups is 1. The largest absolute Gasteiger partial charge is 0.392 e. The highest BCUT2D eigenvalue weighted by Crippen LogP contribution is 2.27. The zero-order valence-electron chi connectivity index (χ0n) is 10.9. The van der Waals surface area contributed by atoms with Gasteiger partial charge in [0.25, 0.3) is 5.91 Å². The van der Waals surface area contributed by atoms with E-state index in [2.05, 4.69) is 0 Å². The molecule has 1 saturated carbocycles. The van der Waals surface area contributed by atoms with Crippen LogP contribution in [0.15, 0.2) is 18.2 Å². The maximum absolute atomic E-state index is 12.6. The first-order valence-corrected chi connectivity index (χ1v) is 7.70. The van der Waals surface area contributed by atoms with Gasteiger partial charge < -0.3 is 10.6 Å². The second kappa shape index (κ2) is 6.74. The number of carbonyl (C=O) groups excluding carboxylic acids is 1. The molecule has 0 spiro atoms. The van der Waals surface area contributed by atoms with E-state index < -0.39 is 0 Å². The van der Waals surface area contributed by atoms with Crippen LogP contribution in [0.25, 0.3) is 0 Å². The summed E-state index contributed by atoms with van der Waals surface area (Å²) in [7, 11) is 0. The van der Waals surface area contributed by atoms with Crippen molar-refractivity contribution in [2.24, 2.45) is 5.73 Å². The van der Waals surface area contributed by atoms with Gasteiger partial charge in [-0.1, -0.05) is 48.3 Å². The van der Waals surface area contributed by atoms with Crippen LogP contribution in [0.3, 0.4) is 0 Å². The molecule has 1 aliphatic rings. The SMILES string of the molecule is NC(=S)CN(C(=O)c1ccc(Cl)c(Cl)c1)C1CCCC1. The highest BCUT2D eigenvalue weighted by Gasteiger charge is 2.28. The first kappa shape index (κ1) is 15.5. The Morgan fingerprint density at radius 2 is 1.95 bits per heavy atom. The van der Waals surface area contributed by atoms with Crippen molar-refractivity contribution in [2.75, 3.05) is 6.54 Å². The normalized spacial score (nSPS) is 15.3. The van der Waals surface area contributed by atoms with E-state index in [1.165, 1.54) is 0 Å². The minimum Gasteiger partial charge on any atom is -0.392 e. The molecule has 1 amide bonds. The molecule has 1 aliphatic carbocycles. The van der Waals surface area contributed by atoms with Crippen molar-refractivity contribution in [1.82, 2.24) is 4.90 Å². The van der Waals surface area contributed by atoms with Gasteiger partial charge in [-0.15, -0.1) is 0 Å². The van der Waals surface area contributed by atoms with Crippen LogP contribution in [0.4, 0.5) is 0 Å². The number of nitrogens with zero attached hydrogens (tertiary/aromatic N) is 1. The summed E-state index contributed by atoms with van der Waals surface area (Å²) < 4.78 is 0. The number of benzene rings is 1. The number of halogens is 2. The lowest BCUT2D eigenvalue weighted by molar-refractivity contribution is 0.0714. The summed E-state index contributed by atoms with van der Waals surface area (Å²) >= 11 is 16.8. The molecule has 3 nitrogen and oxygen atoms in total. The van der Waals surface area contributed by atoms with E-state index in [9.17, 15) is 4.79 Å². The third-order valence-corrected chi connectivity index (χ3v) is 4.39. The lowest BCUT2D eigenvalue weighted by Gasteiger charge is -2.28. The van der Waals surface area contributed by atoms with Crippen LogP contribution in [0.2, 0.25) is 10.0 Å². The fraction of sp³-hybridized carbons (Fsp3) is 0.429. The van der Waals surface area contributed by atoms with Gasteiger partial charge in [-0.25, -0.2) is 0 Å². The molecule has 0 unspecified atom stereocenters. The first-order valence-electron chi connectivity index (χ1n) is 6.53. The molecule has 20 heavy (non-hydrogen) atoms. The topological polar surface area (TPSA) is 46.3 Å². The molecule has 0 aromatic heterocycles. The molecule has 1 aromatic carbocycles. The molecular formula is C14H16Cl2N2OS. The van der Waals surface area contributed by atoms with Crippen molar-refractivity contribution in [2.45, 2.75) is 31.7 Å². The van der Waals surface area contributed by atoms with Crippen molar-refractivity contribution in [3.05, 3.63) is 33.8 Å². The fourth-order valence-corrected chi connectivity index (χ4v) is 2.98. The van der Waals surface area contributed by atoms with Crippen LogP contribution < -0.4 is 5.73 Å². The summed E-state index contributed by atoms with van der Waals surface area (Å²) in [6.07, 6.45) is 4.26. The summed E-state index contributed by atoms with van der Waals surface area (Å²) in [4.78, 5) is 14.7. The molecule has 0 bridgehead atoms. The maximum atomic E-state index is 12.6. The van der Waals surface area contributed by atoms with Crippen LogP contribution in [0.1, 0.15) is 36.0 Å². The van der Waals surface area contributed by atoms with Gasteiger partial charge in [0.15, 0.2) is 0 Å². The van der Waals surface area contributed by atoms with E-state index >= 15 is 0 Å². The minimum absolute atomic E-state index is 0.0942. The second-order valence-corrected chi connectivity index (χ2v) is 6.31. The lowest BCUT2D eigenvalue weighted by atomic mass is 10.1. The summed E-state index contributed by atoms with van der Waals surface area (Å²) in [6.45, 7) is 0.305. The van der Waals surface area contributed by atoms with Crippen LogP contribution in [0, 0.1) is 0 Å². The quantitative estimate of drug-likeness (QED) is 0.857. The number of nitrogens with two attached hydrogens (primary N) is 1. The highest BCUT2D eigenvalue weighted by atomic mass is 35.5. The van der Waals surface area contributed by atoms with E-state index in [0.717, 1.165) is 25.7 Å². The number of carbonyl (C=O) groups is 1. The first-order chi connectivity index (χ1) is 9.49. The van der Waals surface area contributed by atoms with Gasteiger partial charge in [0.05, 0.1) is 21.6 Å². The summed E-state index contributed by atoms with van der Waals surface area (Å²) in [6, 6.07) is 5.11. The monoisotopic (exact) mass is 330 g/mol. The molecular weight excluding hydrogens is 315 g/mol. The highest BCUT2D eigenvalue weighted by molar-refractivity contribution is 7.80. The third kappa shape index (κ3) is 3.62. The molecule has 6 heteroatoms. The number of amides is 1. The van der Waals surface area contributed by atoms with Crippen molar-refractivity contribution in [3.8, 4) is 0 Å². The molecule has 0 heterocycles. The maximum Gasteiger partial charge on any atom is 0.254 e. The zero-order valence-corrected chi connectivity index (χ0v) is 13.3. The van der Waals surface area contributed by atoms with Crippen molar-refractivity contribution >= 4 is 46.3 Å². The van der Waals surface area contributed by atoms with E-state index in [1.807, 2.05) is 0 Å². The molecule has 108 valence electrons. The lowest BCUT2D eigenvalue weighted by Crippen LogP contribution is -2.43. The van der Waals surface area contributed by atoms with Gasteiger partial charge in [0.2, 0.25) is 0 Å². The smallest absolute Gasteiger partial charge is 0.254 e. The molecule has 0 saturated heterocycles. The predicted octanol–water partition coefficient (Wildman–Crippen LogP) is 3.66. The Bertz CT molecular complexity index is 530. The second-order valence-electron chi connectivity index (χ2n) is 4.97. The Labute approximate surface area is 134 Å². The van der Waals surface area contributed by atoms with Gasteiger partial charge >= 0.3 is 0 Å². The third-order valence-electron chi connectivity index (χ3n) is 3.52. The Morgan fingerprint density at radius 3 is 2.50 bits per heavy atom. The van der Waals surface area contributed by atoms with Crippen molar-refractivity contribution < 1.29 is 4.79 Å². The average molecular weight is 331 g/mol. The minimum atomic E-state index is -0.0942. The van der Waals surface area contributed by atoms with Gasteiger partial charge in [0, 0.05) is 11.6 Å². The van der Waals surface area contributed by atoms with Gasteiger partial charge in [-0.3, -0.25) is 4.79 Å². The summed E-state index contributed by atoms with van der Waals surface area (Å²) in [5.74, 6) is -0.0942. The van der Waals surface area contributed by atoms with E-state index in [4.69, 9.17) is 41.2 Å². The summed E-state index contributed by atoms with van der Waals surface area (Å²) in [5.41, 5.74) is 6.14. The van der Waals surface area contributed by atoms with E-state index in [0.29, 0.717) is 27.1 Å². The fourth-order valence-electron chi connectivity index (χ4n) is 2.55. The van der Waals surface area contributed by atoms with Gasteiger partial charge in [-0.2, -0.15) is 0 Å². The van der Waals surface area contributed by atoms with Crippen LogP contribution >= 0.6 is 35.4 Å². The summed E-state index contributed by atoms with van der Waals surface area (Å²) in [5, 5.41) is 0.809. The molecule has 1 aromatic rings. The molecule has 0 atom stereocenters. The molecule has 2 N–H and O–H groups in total. The Kier molecular flexibility index (Phi) is 5.24. The van der Waals surface area contributed by atoms with Crippen molar-refractivity contribution in [3.63, 3.8) is 0 Å². The van der Waals surface area contributed by atoms with Gasteiger partial charge in [-0.05, 0) is 31.0 Å². The Balaban J connectivity index is 2.24. The molecule has 2 rings (SSSR count). The number of hydrogen-bond acceptors (Lipinski definition) is 2. The van der Waals surface area contributed by atoms with Crippen LogP contribution in [0.5, 0.6) is 0 Å². The Hall–Kier alpha value is -0.840. The molecule has 0 aliphatic heterocycles. The predicted molar refractivity (Wildman–Crippen MR) is 86.5 cm³/mol. The van der Waals surface area contributed by atoms with E-state index in [1.54, 1.807) is 23.1 Å². The number of hydrogen-bond donors (Lipinski definition) is 1. The molecule has 1 fully saturated rings. The van der Waals surface area contributed by atoms with Crippen LogP contribution in [-0.4, -0.2) is 28.4 Å². The van der Waals surface area contributed by atoms with Crippen LogP contribution in [-0.2, 0) is 0 Å². The average Bonchev–Trinajstić information content (AvgIpc) is 2.92. The van der Waals surface area contributed by atoms with E-state index in [-0.39, 0.29) is 11.9 Å². The molecule has 0 radical (unpaired) electrons. The Morgan fingerprint density at radius 1 is 1.30 bits per heavy atom. The zero-order chi connectivity index (χ0) is 14.7.